The fraction of sp³-hybridized carbons (Fsp3) is 0.359. The van der Waals surface area contributed by atoms with Crippen molar-refractivity contribution < 1.29 is 24.2 Å². The Morgan fingerprint density at radius 1 is 0.800 bits per heavy atom. The van der Waals surface area contributed by atoms with Crippen LogP contribution < -0.4 is 16.0 Å². The number of aliphatic hydroxyl groups excluding tert-OH is 1. The summed E-state index contributed by atoms with van der Waals surface area (Å²) in [6.45, 7) is 5.98. The molecule has 0 aliphatic heterocycles. The lowest BCUT2D eigenvalue weighted by Gasteiger charge is -2.31. The quantitative estimate of drug-likeness (QED) is 0.131. The highest BCUT2D eigenvalue weighted by molar-refractivity contribution is 5.87. The van der Waals surface area contributed by atoms with Gasteiger partial charge in [-0.2, -0.15) is 0 Å². The van der Waals surface area contributed by atoms with Gasteiger partial charge in [-0.15, -0.1) is 0 Å². The lowest BCUT2D eigenvalue weighted by Crippen LogP contribution is -2.57. The van der Waals surface area contributed by atoms with Crippen LogP contribution in [0.2, 0.25) is 0 Å². The highest BCUT2D eigenvalue weighted by atomic mass is 16.5. The molecule has 4 rings (SSSR count). The molecule has 2 aromatic heterocycles. The highest BCUT2D eigenvalue weighted by Gasteiger charge is 2.31. The molecule has 11 nitrogen and oxygen atoms in total. The molecule has 0 saturated heterocycles. The molecule has 4 atom stereocenters. The summed E-state index contributed by atoms with van der Waals surface area (Å²) in [5, 5.41) is 20.6. The summed E-state index contributed by atoms with van der Waals surface area (Å²) in [6.07, 6.45) is 4.19. The number of rotatable bonds is 16. The van der Waals surface area contributed by atoms with Crippen molar-refractivity contribution in [3.05, 3.63) is 131 Å². The van der Waals surface area contributed by atoms with Gasteiger partial charge in [-0.1, -0.05) is 86.6 Å². The van der Waals surface area contributed by atoms with Gasteiger partial charge in [-0.25, -0.2) is 9.59 Å². The van der Waals surface area contributed by atoms with Crippen LogP contribution in [0.1, 0.15) is 48.2 Å². The number of carbonyl (C=O) groups excluding carboxylic acids is 3. The first-order valence-electron chi connectivity index (χ1n) is 16.9. The average molecular weight is 681 g/mol. The monoisotopic (exact) mass is 680 g/mol. The molecule has 0 fully saturated rings. The van der Waals surface area contributed by atoms with Gasteiger partial charge in [0.25, 0.3) is 0 Å². The first kappa shape index (κ1) is 37.5. The lowest BCUT2D eigenvalue weighted by molar-refractivity contribution is -0.125. The zero-order valence-electron chi connectivity index (χ0n) is 29.2. The average Bonchev–Trinajstić information content (AvgIpc) is 3.11. The van der Waals surface area contributed by atoms with Gasteiger partial charge in [0.1, 0.15) is 12.6 Å². The first-order chi connectivity index (χ1) is 24.1. The van der Waals surface area contributed by atoms with E-state index in [1.54, 1.807) is 31.7 Å². The summed E-state index contributed by atoms with van der Waals surface area (Å²) in [4.78, 5) is 49.9. The summed E-state index contributed by atoms with van der Waals surface area (Å²) in [5.41, 5.74) is 4.38. The molecular formula is C39H48N6O5. The van der Waals surface area contributed by atoms with Crippen molar-refractivity contribution in [1.82, 2.24) is 30.8 Å². The molecule has 2 heterocycles. The highest BCUT2D eigenvalue weighted by Crippen LogP contribution is 2.16. The molecule has 4 amide bonds. The standard InChI is InChI=1S/C39H48N6O5/c1-27(2)36(44-38(48)45(4)25-31-18-17-28(3)41-24-31)37(47)43-34(21-30-14-9-6-10-15-30)35(46)22-33(20-29-12-7-5-8-13-29)42-39(49)50-26-32-16-11-19-40-23-32/h5-19,23-24,27,33-36,46H,20-22,25-26H2,1-4H3,(H,42,49)(H,43,47)(H,44,48)/t33-,34-,35-,36?/m0/s1. The number of benzene rings is 2. The maximum absolute atomic E-state index is 13.9. The van der Waals surface area contributed by atoms with Crippen molar-refractivity contribution in [2.45, 2.75) is 77.4 Å². The van der Waals surface area contributed by atoms with Crippen molar-refractivity contribution in [1.29, 1.82) is 0 Å². The summed E-state index contributed by atoms with van der Waals surface area (Å²) in [7, 11) is 1.66. The van der Waals surface area contributed by atoms with E-state index in [1.807, 2.05) is 99.6 Å². The minimum absolute atomic E-state index is 0.0480. The molecule has 1 unspecified atom stereocenters. The zero-order chi connectivity index (χ0) is 35.9. The molecule has 4 aromatic rings. The third-order valence-electron chi connectivity index (χ3n) is 8.32. The first-order valence-corrected chi connectivity index (χ1v) is 16.9. The molecule has 50 heavy (non-hydrogen) atoms. The largest absolute Gasteiger partial charge is 0.445 e. The molecule has 0 saturated carbocycles. The second-order valence-electron chi connectivity index (χ2n) is 12.9. The number of amides is 4. The number of nitrogens with zero attached hydrogens (tertiary/aromatic N) is 3. The second-order valence-corrected chi connectivity index (χ2v) is 12.9. The van der Waals surface area contributed by atoms with Crippen LogP contribution in [0.3, 0.4) is 0 Å². The van der Waals surface area contributed by atoms with Crippen molar-refractivity contribution in [2.24, 2.45) is 5.92 Å². The fourth-order valence-electron chi connectivity index (χ4n) is 5.53. The molecule has 2 aromatic carbocycles. The van der Waals surface area contributed by atoms with Crippen LogP contribution in [-0.2, 0) is 35.5 Å². The number of urea groups is 1. The Kier molecular flexibility index (Phi) is 14.3. The maximum atomic E-state index is 13.9. The topological polar surface area (TPSA) is 146 Å². The second kappa shape index (κ2) is 19.0. The van der Waals surface area contributed by atoms with Gasteiger partial charge >= 0.3 is 12.1 Å². The number of aryl methyl sites for hydroxylation is 1. The van der Waals surface area contributed by atoms with Gasteiger partial charge in [0.15, 0.2) is 0 Å². The van der Waals surface area contributed by atoms with E-state index < -0.39 is 42.3 Å². The number of nitrogens with one attached hydrogen (secondary N) is 3. The van der Waals surface area contributed by atoms with Crippen LogP contribution >= 0.6 is 0 Å². The van der Waals surface area contributed by atoms with Gasteiger partial charge < -0.3 is 30.7 Å². The molecule has 11 heteroatoms. The zero-order valence-corrected chi connectivity index (χ0v) is 29.2. The summed E-state index contributed by atoms with van der Waals surface area (Å²) >= 11 is 0. The molecule has 0 spiro atoms. The van der Waals surface area contributed by atoms with Gasteiger partial charge in [-0.05, 0) is 60.9 Å². The van der Waals surface area contributed by atoms with Gasteiger partial charge in [0.05, 0.1) is 12.1 Å². The van der Waals surface area contributed by atoms with Crippen LogP contribution in [0.4, 0.5) is 9.59 Å². The number of hydrogen-bond donors (Lipinski definition) is 4. The van der Waals surface area contributed by atoms with Crippen LogP contribution in [0, 0.1) is 12.8 Å². The number of hydrogen-bond acceptors (Lipinski definition) is 7. The minimum atomic E-state index is -1.06. The number of aliphatic hydroxyl groups is 1. The molecule has 0 aliphatic rings. The number of ether oxygens (including phenoxy) is 1. The number of pyridine rings is 2. The summed E-state index contributed by atoms with van der Waals surface area (Å²) in [5.74, 6) is -0.660. The van der Waals surface area contributed by atoms with E-state index in [0.717, 1.165) is 27.9 Å². The number of alkyl carbamates (subject to hydrolysis) is 1. The SMILES string of the molecule is Cc1ccc(CN(C)C(=O)NC(C(=O)N[C@@H](Cc2ccccc2)[C@@H](O)C[C@H](Cc2ccccc2)NC(=O)OCc2cccnc2)C(C)C)cn1. The van der Waals surface area contributed by atoms with Crippen LogP contribution in [0.15, 0.2) is 104 Å². The molecule has 4 N–H and O–H groups in total. The van der Waals surface area contributed by atoms with Gasteiger partial charge in [0, 0.05) is 49.5 Å². The van der Waals surface area contributed by atoms with Crippen LogP contribution in [-0.4, -0.2) is 69.3 Å². The van der Waals surface area contributed by atoms with E-state index in [1.165, 1.54) is 4.90 Å². The Morgan fingerprint density at radius 2 is 1.46 bits per heavy atom. The molecule has 0 radical (unpaired) electrons. The minimum Gasteiger partial charge on any atom is -0.445 e. The van der Waals surface area contributed by atoms with Crippen molar-refractivity contribution in [3.8, 4) is 0 Å². The maximum Gasteiger partial charge on any atom is 0.407 e. The van der Waals surface area contributed by atoms with Crippen molar-refractivity contribution >= 4 is 18.0 Å². The van der Waals surface area contributed by atoms with E-state index in [0.29, 0.717) is 19.4 Å². The van der Waals surface area contributed by atoms with Crippen LogP contribution in [0.25, 0.3) is 0 Å². The summed E-state index contributed by atoms with van der Waals surface area (Å²) < 4.78 is 5.47. The lowest BCUT2D eigenvalue weighted by atomic mass is 9.93. The van der Waals surface area contributed by atoms with Gasteiger partial charge in [0.2, 0.25) is 5.91 Å². The summed E-state index contributed by atoms with van der Waals surface area (Å²) in [6, 6.07) is 24.1. The van der Waals surface area contributed by atoms with E-state index in [2.05, 4.69) is 25.9 Å². The molecular weight excluding hydrogens is 632 g/mol. The van der Waals surface area contributed by atoms with Gasteiger partial charge in [-0.3, -0.25) is 14.8 Å². The van der Waals surface area contributed by atoms with Crippen molar-refractivity contribution in [2.75, 3.05) is 7.05 Å². The van der Waals surface area contributed by atoms with E-state index >= 15 is 0 Å². The molecule has 0 aliphatic carbocycles. The van der Waals surface area contributed by atoms with Crippen molar-refractivity contribution in [3.63, 3.8) is 0 Å². The fourth-order valence-corrected chi connectivity index (χ4v) is 5.53. The normalized spacial score (nSPS) is 13.4. The number of aromatic nitrogens is 2. The Labute approximate surface area is 294 Å². The van der Waals surface area contributed by atoms with E-state index in [-0.39, 0.29) is 18.9 Å². The van der Waals surface area contributed by atoms with E-state index in [9.17, 15) is 19.5 Å². The third-order valence-corrected chi connectivity index (χ3v) is 8.32. The predicted octanol–water partition coefficient (Wildman–Crippen LogP) is 4.97. The Balaban J connectivity index is 1.47. The Morgan fingerprint density at radius 3 is 2.06 bits per heavy atom. The smallest absolute Gasteiger partial charge is 0.407 e. The number of carbonyl (C=O) groups is 3. The Hall–Kier alpha value is -5.29. The third kappa shape index (κ3) is 12.3. The van der Waals surface area contributed by atoms with Crippen LogP contribution in [0.5, 0.6) is 0 Å². The molecule has 0 bridgehead atoms. The van der Waals surface area contributed by atoms with E-state index in [4.69, 9.17) is 4.74 Å². The predicted molar refractivity (Wildman–Crippen MR) is 192 cm³/mol. The molecule has 264 valence electrons. The Bertz CT molecular complexity index is 1620.